The van der Waals surface area contributed by atoms with Gasteiger partial charge in [-0.15, -0.1) is 10.2 Å². The number of likely N-dealkylation sites (tertiary alicyclic amines) is 1. The van der Waals surface area contributed by atoms with Crippen LogP contribution in [0.2, 0.25) is 0 Å². The first kappa shape index (κ1) is 18.8. The topological polar surface area (TPSA) is 64.8 Å². The van der Waals surface area contributed by atoms with E-state index in [1.165, 1.54) is 25.9 Å². The summed E-state index contributed by atoms with van der Waals surface area (Å²) in [7, 11) is 1.66. The van der Waals surface area contributed by atoms with Crippen LogP contribution in [0, 0.1) is 0 Å². The fraction of sp³-hybridized carbons (Fsp3) is 0.348. The maximum absolute atomic E-state index is 6.05. The van der Waals surface area contributed by atoms with E-state index in [-0.39, 0.29) is 0 Å². The molecule has 154 valence electrons. The van der Waals surface area contributed by atoms with Crippen molar-refractivity contribution in [3.05, 3.63) is 48.8 Å². The lowest BCUT2D eigenvalue weighted by molar-refractivity contribution is 0.254. The number of nitrogens with zero attached hydrogens (tertiary/aromatic N) is 5. The number of methoxy groups -OCH3 is 1. The minimum atomic E-state index is 0.656. The summed E-state index contributed by atoms with van der Waals surface area (Å²) in [6, 6.07) is 13.9. The molecule has 0 unspecified atom stereocenters. The minimum absolute atomic E-state index is 0.656. The van der Waals surface area contributed by atoms with Gasteiger partial charge in [-0.05, 0) is 38.4 Å². The first-order valence-electron chi connectivity index (χ1n) is 10.5. The average molecular weight is 403 g/mol. The molecule has 0 N–H and O–H groups in total. The van der Waals surface area contributed by atoms with E-state index in [1.807, 2.05) is 46.9 Å². The van der Waals surface area contributed by atoms with E-state index in [4.69, 9.17) is 9.47 Å². The zero-order valence-corrected chi connectivity index (χ0v) is 17.1. The van der Waals surface area contributed by atoms with Gasteiger partial charge >= 0.3 is 0 Å². The van der Waals surface area contributed by atoms with Crippen LogP contribution < -0.4 is 9.47 Å². The summed E-state index contributed by atoms with van der Waals surface area (Å²) in [6.07, 6.45) is 5.39. The minimum Gasteiger partial charge on any atom is -0.493 e. The lowest BCUT2D eigenvalue weighted by Gasteiger charge is -2.15. The van der Waals surface area contributed by atoms with Crippen LogP contribution in [0.1, 0.15) is 19.3 Å². The molecular weight excluding hydrogens is 378 g/mol. The summed E-state index contributed by atoms with van der Waals surface area (Å²) in [6.45, 7) is 4.16. The molecule has 3 heterocycles. The van der Waals surface area contributed by atoms with E-state index in [1.54, 1.807) is 13.4 Å². The number of ether oxygens (including phenoxy) is 2. The van der Waals surface area contributed by atoms with Gasteiger partial charge in [-0.3, -0.25) is 4.40 Å². The Morgan fingerprint density at radius 3 is 2.63 bits per heavy atom. The normalized spacial score (nSPS) is 14.6. The Bertz CT molecular complexity index is 1150. The molecule has 4 aromatic rings. The Morgan fingerprint density at radius 1 is 1.00 bits per heavy atom. The van der Waals surface area contributed by atoms with E-state index >= 15 is 0 Å². The third-order valence-corrected chi connectivity index (χ3v) is 5.64. The number of aromatic nitrogens is 4. The molecule has 1 fully saturated rings. The van der Waals surface area contributed by atoms with Crippen molar-refractivity contribution in [3.8, 4) is 22.9 Å². The van der Waals surface area contributed by atoms with E-state index in [9.17, 15) is 0 Å². The zero-order valence-electron chi connectivity index (χ0n) is 17.1. The average Bonchev–Trinajstić information content (AvgIpc) is 3.46. The lowest BCUT2D eigenvalue weighted by Crippen LogP contribution is -2.21. The monoisotopic (exact) mass is 403 g/mol. The Kier molecular flexibility index (Phi) is 5.19. The molecule has 2 aromatic heterocycles. The molecule has 0 spiro atoms. The van der Waals surface area contributed by atoms with Gasteiger partial charge in [0.2, 0.25) is 0 Å². The number of hydrogen-bond acceptors (Lipinski definition) is 6. The summed E-state index contributed by atoms with van der Waals surface area (Å²) in [5.41, 5.74) is 2.55. The standard InChI is InChI=1S/C23H25N5O2/c1-29-20-14-18-19(15-21(20)30-13-7-12-27-10-5-6-11-27)24-16-28-22(25-26-23(18)28)17-8-3-2-4-9-17/h2-4,8-9,14-16H,5-7,10-13H2,1H3. The van der Waals surface area contributed by atoms with Crippen molar-refractivity contribution in [1.29, 1.82) is 0 Å². The summed E-state index contributed by atoms with van der Waals surface area (Å²) in [4.78, 5) is 7.13. The molecule has 0 saturated carbocycles. The second kappa shape index (κ2) is 8.28. The maximum Gasteiger partial charge on any atom is 0.171 e. The van der Waals surface area contributed by atoms with Gasteiger partial charge in [-0.25, -0.2) is 4.98 Å². The first-order chi connectivity index (χ1) is 14.8. The molecule has 1 aliphatic rings. The van der Waals surface area contributed by atoms with Crippen molar-refractivity contribution in [2.45, 2.75) is 19.3 Å². The van der Waals surface area contributed by atoms with Gasteiger partial charge in [0.05, 0.1) is 19.2 Å². The van der Waals surface area contributed by atoms with Gasteiger partial charge in [-0.1, -0.05) is 30.3 Å². The fourth-order valence-corrected chi connectivity index (χ4v) is 4.07. The molecule has 1 aliphatic heterocycles. The van der Waals surface area contributed by atoms with Crippen molar-refractivity contribution < 1.29 is 9.47 Å². The molecule has 0 atom stereocenters. The van der Waals surface area contributed by atoms with E-state index in [0.717, 1.165) is 40.9 Å². The second-order valence-corrected chi connectivity index (χ2v) is 7.60. The highest BCUT2D eigenvalue weighted by Crippen LogP contribution is 2.33. The molecule has 1 saturated heterocycles. The predicted octanol–water partition coefficient (Wildman–Crippen LogP) is 3.82. The van der Waals surface area contributed by atoms with E-state index < -0.39 is 0 Å². The van der Waals surface area contributed by atoms with Gasteiger partial charge in [0, 0.05) is 23.6 Å². The summed E-state index contributed by atoms with van der Waals surface area (Å²) in [5.74, 6) is 2.16. The molecule has 0 amide bonds. The highest BCUT2D eigenvalue weighted by Gasteiger charge is 2.15. The van der Waals surface area contributed by atoms with E-state index in [2.05, 4.69) is 20.1 Å². The molecule has 7 nitrogen and oxygen atoms in total. The third-order valence-electron chi connectivity index (χ3n) is 5.64. The smallest absolute Gasteiger partial charge is 0.171 e. The van der Waals surface area contributed by atoms with Crippen molar-refractivity contribution in [2.75, 3.05) is 33.4 Å². The van der Waals surface area contributed by atoms with Gasteiger partial charge < -0.3 is 14.4 Å². The number of rotatable bonds is 7. The van der Waals surface area contributed by atoms with Gasteiger partial charge in [-0.2, -0.15) is 0 Å². The fourth-order valence-electron chi connectivity index (χ4n) is 4.07. The zero-order chi connectivity index (χ0) is 20.3. The Hall–Kier alpha value is -3.19. The third kappa shape index (κ3) is 3.57. The van der Waals surface area contributed by atoms with Crippen LogP contribution in [0.15, 0.2) is 48.8 Å². The van der Waals surface area contributed by atoms with E-state index in [0.29, 0.717) is 18.1 Å². The summed E-state index contributed by atoms with van der Waals surface area (Å²) in [5, 5.41) is 9.69. The molecule has 0 aliphatic carbocycles. The van der Waals surface area contributed by atoms with Crippen molar-refractivity contribution in [2.24, 2.45) is 0 Å². The SMILES string of the molecule is COc1cc2c(cc1OCCCN1CCCC1)ncn1c(-c3ccccc3)nnc21. The lowest BCUT2D eigenvalue weighted by atomic mass is 10.2. The Balaban J connectivity index is 1.42. The van der Waals surface area contributed by atoms with Crippen LogP contribution in [0.3, 0.4) is 0 Å². The number of fused-ring (bicyclic) bond motifs is 3. The van der Waals surface area contributed by atoms with Crippen molar-refractivity contribution >= 4 is 16.6 Å². The Labute approximate surface area is 175 Å². The summed E-state index contributed by atoms with van der Waals surface area (Å²) < 4.78 is 13.6. The Morgan fingerprint density at radius 2 is 1.83 bits per heavy atom. The number of benzene rings is 2. The predicted molar refractivity (Wildman–Crippen MR) is 116 cm³/mol. The van der Waals surface area contributed by atoms with Crippen molar-refractivity contribution in [3.63, 3.8) is 0 Å². The molecule has 0 bridgehead atoms. The highest BCUT2D eigenvalue weighted by atomic mass is 16.5. The summed E-state index contributed by atoms with van der Waals surface area (Å²) >= 11 is 0. The van der Waals surface area contributed by atoms with Crippen LogP contribution in [-0.4, -0.2) is 57.8 Å². The molecule has 7 heteroatoms. The molecule has 0 radical (unpaired) electrons. The molecular formula is C23H25N5O2. The van der Waals surface area contributed by atoms with Crippen LogP contribution >= 0.6 is 0 Å². The largest absolute Gasteiger partial charge is 0.493 e. The molecule has 2 aromatic carbocycles. The highest BCUT2D eigenvalue weighted by molar-refractivity contribution is 5.94. The van der Waals surface area contributed by atoms with Gasteiger partial charge in [0.1, 0.15) is 6.33 Å². The number of hydrogen-bond donors (Lipinski definition) is 0. The second-order valence-electron chi connectivity index (χ2n) is 7.60. The van der Waals surface area contributed by atoms with Crippen LogP contribution in [0.4, 0.5) is 0 Å². The quantitative estimate of drug-likeness (QED) is 0.437. The molecule has 5 rings (SSSR count). The maximum atomic E-state index is 6.05. The van der Waals surface area contributed by atoms with Gasteiger partial charge in [0.25, 0.3) is 0 Å². The first-order valence-corrected chi connectivity index (χ1v) is 10.5. The van der Waals surface area contributed by atoms with Gasteiger partial charge in [0.15, 0.2) is 23.0 Å². The van der Waals surface area contributed by atoms with Crippen LogP contribution in [0.5, 0.6) is 11.5 Å². The van der Waals surface area contributed by atoms with Crippen LogP contribution in [-0.2, 0) is 0 Å². The van der Waals surface area contributed by atoms with Crippen LogP contribution in [0.25, 0.3) is 27.9 Å². The van der Waals surface area contributed by atoms with Crippen molar-refractivity contribution in [1.82, 2.24) is 24.5 Å². The molecule has 30 heavy (non-hydrogen) atoms.